The van der Waals surface area contributed by atoms with E-state index in [0.717, 1.165) is 0 Å². The first-order chi connectivity index (χ1) is 5.34. The highest BCUT2D eigenvalue weighted by molar-refractivity contribution is 5.81. The zero-order valence-electron chi connectivity index (χ0n) is 7.13. The molecule has 1 fully saturated rings. The first kappa shape index (κ1) is 4.71. The van der Waals surface area contributed by atoms with E-state index in [4.69, 9.17) is 13.0 Å². The largest absolute Gasteiger partial charge is 0.481 e. The van der Waals surface area contributed by atoms with E-state index in [0.29, 0.717) is 0 Å². The average molecular weight is 146 g/mol. The second-order valence-corrected chi connectivity index (χ2v) is 2.07. The van der Waals surface area contributed by atoms with E-state index in [2.05, 4.69) is 0 Å². The van der Waals surface area contributed by atoms with Gasteiger partial charge in [0.15, 0.2) is 0 Å². The van der Waals surface area contributed by atoms with Crippen LogP contribution in [-0.4, -0.2) is 22.2 Å². The van der Waals surface area contributed by atoms with Crippen LogP contribution in [0.2, 0.25) is 0 Å². The molecule has 1 aliphatic carbocycles. The lowest BCUT2D eigenvalue weighted by molar-refractivity contribution is -0.160. The predicted molar refractivity (Wildman–Crippen MR) is 31.5 cm³/mol. The lowest BCUT2D eigenvalue weighted by atomic mass is 9.74. The number of rotatable bonds is 2. The van der Waals surface area contributed by atoms with Gasteiger partial charge in [-0.05, 0) is 12.8 Å². The van der Waals surface area contributed by atoms with Crippen LogP contribution in [-0.2, 0) is 9.59 Å². The van der Waals surface area contributed by atoms with Crippen LogP contribution in [0.1, 0.15) is 15.6 Å². The summed E-state index contributed by atoms with van der Waals surface area (Å²) in [5.41, 5.74) is 0. The van der Waals surface area contributed by atoms with Crippen molar-refractivity contribution < 1.29 is 22.5 Å². The van der Waals surface area contributed by atoms with Crippen LogP contribution in [0.15, 0.2) is 0 Å². The Hall–Kier alpha value is -1.06. The van der Waals surface area contributed by atoms with Gasteiger partial charge in [-0.3, -0.25) is 9.59 Å². The Morgan fingerprint density at radius 3 is 1.60 bits per heavy atom. The smallest absolute Gasteiger partial charge is 0.307 e. The summed E-state index contributed by atoms with van der Waals surface area (Å²) >= 11 is 0. The van der Waals surface area contributed by atoms with Gasteiger partial charge in [0.1, 0.15) is 0 Å². The van der Waals surface area contributed by atoms with Crippen LogP contribution in [0.3, 0.4) is 0 Å². The van der Waals surface area contributed by atoms with Gasteiger partial charge in [0, 0.05) is 2.74 Å². The van der Waals surface area contributed by atoms with Crippen molar-refractivity contribution in [1.82, 2.24) is 0 Å². The molecule has 56 valence electrons. The minimum Gasteiger partial charge on any atom is -0.481 e. The summed E-state index contributed by atoms with van der Waals surface area (Å²) in [6, 6.07) is 0. The minimum atomic E-state index is -2.17. The van der Waals surface area contributed by atoms with Crippen molar-refractivity contribution in [2.75, 3.05) is 0 Å². The van der Waals surface area contributed by atoms with Crippen molar-refractivity contribution in [3.63, 3.8) is 0 Å². The van der Waals surface area contributed by atoms with Crippen LogP contribution in [0, 0.1) is 11.8 Å². The van der Waals surface area contributed by atoms with E-state index in [9.17, 15) is 9.59 Å². The maximum atomic E-state index is 10.5. The first-order valence-electron chi connectivity index (χ1n) is 3.81. The maximum Gasteiger partial charge on any atom is 0.307 e. The molecule has 1 aliphatic rings. The van der Waals surface area contributed by atoms with Crippen molar-refractivity contribution in [2.24, 2.45) is 11.8 Å². The van der Waals surface area contributed by atoms with E-state index in [-0.39, 0.29) is 12.8 Å². The van der Waals surface area contributed by atoms with Gasteiger partial charge in [-0.2, -0.15) is 0 Å². The fraction of sp³-hybridized carbons (Fsp3) is 0.667. The van der Waals surface area contributed by atoms with Crippen molar-refractivity contribution in [1.29, 1.82) is 0 Å². The predicted octanol–water partition coefficient (Wildman–Crippen LogP) is 0.182. The van der Waals surface area contributed by atoms with E-state index in [1.807, 2.05) is 0 Å². The lowest BCUT2D eigenvalue weighted by Crippen LogP contribution is -2.37. The van der Waals surface area contributed by atoms with E-state index >= 15 is 0 Å². The standard InChI is InChI=1S/C6H8O4/c7-5(8)3-1-2-4(3)6(9)10/h3-4H,1-2H2,(H,7,8)(H,9,10)/i3D,4D. The minimum absolute atomic E-state index is 0.0713. The summed E-state index contributed by atoms with van der Waals surface area (Å²) in [6.07, 6.45) is -0.143. The Morgan fingerprint density at radius 1 is 1.20 bits per heavy atom. The van der Waals surface area contributed by atoms with E-state index in [1.54, 1.807) is 0 Å². The van der Waals surface area contributed by atoms with Crippen LogP contribution in [0.5, 0.6) is 0 Å². The highest BCUT2D eigenvalue weighted by atomic mass is 16.4. The van der Waals surface area contributed by atoms with Crippen LogP contribution >= 0.6 is 0 Å². The zero-order valence-corrected chi connectivity index (χ0v) is 5.13. The molecule has 0 aromatic carbocycles. The van der Waals surface area contributed by atoms with Gasteiger partial charge in [0.05, 0.1) is 11.8 Å². The summed E-state index contributed by atoms with van der Waals surface area (Å²) in [4.78, 5) is 20.9. The number of hydrogen-bond donors (Lipinski definition) is 2. The fourth-order valence-corrected chi connectivity index (χ4v) is 0.847. The molecule has 0 spiro atoms. The van der Waals surface area contributed by atoms with Gasteiger partial charge in [0.2, 0.25) is 0 Å². The molecular formula is C6H8O4. The molecule has 2 atom stereocenters. The molecule has 1 rings (SSSR count). The molecule has 10 heavy (non-hydrogen) atoms. The molecule has 4 nitrogen and oxygen atoms in total. The lowest BCUT2D eigenvalue weighted by Gasteiger charge is -2.29. The molecule has 0 heterocycles. The number of carbonyl (C=O) groups is 2. The van der Waals surface area contributed by atoms with E-state index in [1.165, 1.54) is 0 Å². The Labute approximate surface area is 60.3 Å². The Bertz CT molecular complexity index is 228. The quantitative estimate of drug-likeness (QED) is 0.582. The fourth-order valence-electron chi connectivity index (χ4n) is 0.847. The molecule has 4 heteroatoms. The molecule has 2 N–H and O–H groups in total. The van der Waals surface area contributed by atoms with Crippen molar-refractivity contribution >= 4 is 11.9 Å². The maximum absolute atomic E-state index is 10.5. The first-order valence-corrected chi connectivity index (χ1v) is 2.81. The molecule has 2 unspecified atom stereocenters. The number of carboxylic acid groups (broad SMARTS) is 2. The van der Waals surface area contributed by atoms with Crippen LogP contribution in [0.25, 0.3) is 0 Å². The Morgan fingerprint density at radius 2 is 1.50 bits per heavy atom. The Balaban J connectivity index is 2.97. The van der Waals surface area contributed by atoms with Gasteiger partial charge in [-0.25, -0.2) is 0 Å². The van der Waals surface area contributed by atoms with Gasteiger partial charge in [-0.1, -0.05) is 0 Å². The van der Waals surface area contributed by atoms with Crippen molar-refractivity contribution in [2.45, 2.75) is 12.8 Å². The summed E-state index contributed by atoms with van der Waals surface area (Å²) in [6.45, 7) is 0. The van der Waals surface area contributed by atoms with Gasteiger partial charge < -0.3 is 10.2 Å². The molecule has 0 aromatic rings. The Kier molecular flexibility index (Phi) is 1.08. The van der Waals surface area contributed by atoms with Crippen LogP contribution in [0.4, 0.5) is 0 Å². The second-order valence-electron chi connectivity index (χ2n) is 2.07. The van der Waals surface area contributed by atoms with Gasteiger partial charge in [0.25, 0.3) is 0 Å². The third kappa shape index (κ3) is 0.964. The molecule has 0 aliphatic heterocycles. The molecule has 0 bridgehead atoms. The van der Waals surface area contributed by atoms with E-state index < -0.39 is 23.7 Å². The van der Waals surface area contributed by atoms with Crippen molar-refractivity contribution in [3.05, 3.63) is 0 Å². The molecular weight excluding hydrogens is 136 g/mol. The third-order valence-electron chi connectivity index (χ3n) is 1.51. The molecule has 1 saturated carbocycles. The summed E-state index contributed by atoms with van der Waals surface area (Å²) in [7, 11) is 0. The van der Waals surface area contributed by atoms with Gasteiger partial charge >= 0.3 is 11.9 Å². The average Bonchev–Trinajstić information content (AvgIpc) is 1.98. The second kappa shape index (κ2) is 2.28. The zero-order chi connectivity index (χ0) is 9.57. The number of hydrogen-bond acceptors (Lipinski definition) is 2. The highest BCUT2D eigenvalue weighted by Gasteiger charge is 2.41. The molecule has 0 saturated heterocycles. The summed E-state index contributed by atoms with van der Waals surface area (Å²) in [5.74, 6) is -7.41. The molecule has 0 radical (unpaired) electrons. The highest BCUT2D eigenvalue weighted by Crippen LogP contribution is 2.34. The molecule has 0 aromatic heterocycles. The summed E-state index contributed by atoms with van der Waals surface area (Å²) in [5, 5.41) is 17.0. The number of aliphatic carboxylic acids is 2. The third-order valence-corrected chi connectivity index (χ3v) is 1.51. The number of carboxylic acids is 2. The SMILES string of the molecule is [2H]C1(C(=O)O)CCC1([2H])C(=O)O. The van der Waals surface area contributed by atoms with Crippen LogP contribution < -0.4 is 0 Å². The monoisotopic (exact) mass is 146 g/mol. The van der Waals surface area contributed by atoms with Crippen molar-refractivity contribution in [3.8, 4) is 0 Å². The summed E-state index contributed by atoms with van der Waals surface area (Å²) < 4.78 is 14.5. The molecule has 0 amide bonds. The van der Waals surface area contributed by atoms with Gasteiger partial charge in [-0.15, -0.1) is 0 Å². The normalized spacial score (nSPS) is 48.4. The topological polar surface area (TPSA) is 74.6 Å².